The average Bonchev–Trinajstić information content (AvgIpc) is 3.04. The molecule has 1 saturated heterocycles. The smallest absolute Gasteiger partial charge is 0.339 e. The third-order valence-corrected chi connectivity index (χ3v) is 4.68. The van der Waals surface area contributed by atoms with Gasteiger partial charge in [-0.3, -0.25) is 19.3 Å². The van der Waals surface area contributed by atoms with Gasteiger partial charge in [-0.25, -0.2) is 4.79 Å². The van der Waals surface area contributed by atoms with Crippen molar-refractivity contribution in [2.75, 3.05) is 14.1 Å². The summed E-state index contributed by atoms with van der Waals surface area (Å²) in [6, 6.07) is 15.3. The van der Waals surface area contributed by atoms with E-state index in [1.54, 1.807) is 62.6 Å². The van der Waals surface area contributed by atoms with Crippen LogP contribution in [0.2, 0.25) is 0 Å². The third kappa shape index (κ3) is 4.68. The minimum absolute atomic E-state index is 0.179. The summed E-state index contributed by atoms with van der Waals surface area (Å²) in [6.45, 7) is 0.179. The highest BCUT2D eigenvalue weighted by atomic mass is 16.5. The summed E-state index contributed by atoms with van der Waals surface area (Å²) in [7, 11) is 3.20. The van der Waals surface area contributed by atoms with Crippen molar-refractivity contribution in [2.45, 2.75) is 25.5 Å². The molecule has 0 unspecified atom stereocenters. The van der Waals surface area contributed by atoms with Gasteiger partial charge in [-0.2, -0.15) is 0 Å². The number of benzene rings is 2. The first-order valence-corrected chi connectivity index (χ1v) is 9.26. The third-order valence-electron chi connectivity index (χ3n) is 4.68. The average molecular weight is 394 g/mol. The van der Waals surface area contributed by atoms with E-state index in [0.29, 0.717) is 5.56 Å². The Morgan fingerprint density at radius 2 is 1.55 bits per heavy atom. The van der Waals surface area contributed by atoms with Crippen LogP contribution in [0.1, 0.15) is 40.4 Å². The molecule has 0 bridgehead atoms. The minimum atomic E-state index is -1.04. The van der Waals surface area contributed by atoms with Crippen LogP contribution in [-0.4, -0.2) is 47.6 Å². The first-order chi connectivity index (χ1) is 13.9. The highest BCUT2D eigenvalue weighted by Crippen LogP contribution is 2.22. The van der Waals surface area contributed by atoms with Crippen LogP contribution in [-0.2, 0) is 25.7 Å². The molecule has 29 heavy (non-hydrogen) atoms. The number of likely N-dealkylation sites (tertiary alicyclic amines) is 1. The second-order valence-corrected chi connectivity index (χ2v) is 7.00. The number of rotatable bonds is 6. The summed E-state index contributed by atoms with van der Waals surface area (Å²) >= 11 is 0. The van der Waals surface area contributed by atoms with Crippen molar-refractivity contribution in [1.29, 1.82) is 0 Å². The topological polar surface area (TPSA) is 84.0 Å². The van der Waals surface area contributed by atoms with Crippen LogP contribution >= 0.6 is 0 Å². The van der Waals surface area contributed by atoms with E-state index < -0.39 is 12.1 Å². The quantitative estimate of drug-likeness (QED) is 0.555. The molecule has 1 aliphatic heterocycles. The van der Waals surface area contributed by atoms with Gasteiger partial charge in [-0.15, -0.1) is 0 Å². The van der Waals surface area contributed by atoms with Crippen LogP contribution < -0.4 is 0 Å². The second kappa shape index (κ2) is 8.68. The number of nitrogens with zero attached hydrogens (tertiary/aromatic N) is 2. The maximum absolute atomic E-state index is 12.6. The van der Waals surface area contributed by atoms with E-state index in [2.05, 4.69) is 0 Å². The normalized spacial score (nSPS) is 14.6. The van der Waals surface area contributed by atoms with Gasteiger partial charge in [0.05, 0.1) is 12.1 Å². The highest BCUT2D eigenvalue weighted by Gasteiger charge is 2.29. The van der Waals surface area contributed by atoms with Crippen molar-refractivity contribution in [3.63, 3.8) is 0 Å². The second-order valence-electron chi connectivity index (χ2n) is 7.00. The van der Waals surface area contributed by atoms with Gasteiger partial charge >= 0.3 is 5.97 Å². The number of imide groups is 1. The van der Waals surface area contributed by atoms with Gasteiger partial charge in [-0.1, -0.05) is 42.5 Å². The van der Waals surface area contributed by atoms with E-state index in [9.17, 15) is 19.2 Å². The Balaban J connectivity index is 1.72. The number of carbonyl (C=O) groups excluding carboxylic acids is 4. The predicted molar refractivity (Wildman–Crippen MR) is 105 cm³/mol. The Bertz CT molecular complexity index is 906. The fourth-order valence-electron chi connectivity index (χ4n) is 3.03. The van der Waals surface area contributed by atoms with Crippen molar-refractivity contribution < 1.29 is 23.9 Å². The molecule has 3 amide bonds. The summed E-state index contributed by atoms with van der Waals surface area (Å²) in [5.41, 5.74) is 1.59. The Kier molecular flexibility index (Phi) is 6.07. The summed E-state index contributed by atoms with van der Waals surface area (Å²) in [4.78, 5) is 51.2. The van der Waals surface area contributed by atoms with E-state index in [4.69, 9.17) is 4.74 Å². The lowest BCUT2D eigenvalue weighted by Crippen LogP contribution is -2.31. The highest BCUT2D eigenvalue weighted by molar-refractivity contribution is 6.01. The molecule has 7 nitrogen and oxygen atoms in total. The van der Waals surface area contributed by atoms with Gasteiger partial charge in [0, 0.05) is 32.5 Å². The standard InChI is InChI=1S/C22H22N2O5/c1-23(2)21(27)20(16-6-4-3-5-7-16)29-22(28)17-10-8-15(9-11-17)14-24-18(25)12-13-19(24)26/h3-11,20H,12-14H2,1-2H3/t20-/m0/s1. The number of esters is 1. The molecule has 0 saturated carbocycles. The summed E-state index contributed by atoms with van der Waals surface area (Å²) < 4.78 is 5.50. The Morgan fingerprint density at radius 1 is 0.966 bits per heavy atom. The maximum Gasteiger partial charge on any atom is 0.339 e. The van der Waals surface area contributed by atoms with Crippen LogP contribution in [0.4, 0.5) is 0 Å². The maximum atomic E-state index is 12.6. The monoisotopic (exact) mass is 394 g/mol. The number of hydrogen-bond donors (Lipinski definition) is 0. The van der Waals surface area contributed by atoms with Crippen molar-refractivity contribution >= 4 is 23.7 Å². The molecule has 0 aliphatic carbocycles. The molecule has 1 heterocycles. The zero-order valence-corrected chi connectivity index (χ0v) is 16.3. The molecule has 1 fully saturated rings. The fourth-order valence-corrected chi connectivity index (χ4v) is 3.03. The van der Waals surface area contributed by atoms with E-state index >= 15 is 0 Å². The Hall–Kier alpha value is -3.48. The van der Waals surface area contributed by atoms with Crippen molar-refractivity contribution in [1.82, 2.24) is 9.80 Å². The Morgan fingerprint density at radius 3 is 2.10 bits per heavy atom. The van der Waals surface area contributed by atoms with Gasteiger partial charge in [0.2, 0.25) is 17.9 Å². The van der Waals surface area contributed by atoms with Gasteiger partial charge in [-0.05, 0) is 17.7 Å². The molecule has 0 aromatic heterocycles. The molecule has 0 radical (unpaired) electrons. The van der Waals surface area contributed by atoms with E-state index in [0.717, 1.165) is 5.56 Å². The molecular formula is C22H22N2O5. The van der Waals surface area contributed by atoms with E-state index in [-0.39, 0.29) is 42.7 Å². The van der Waals surface area contributed by atoms with Crippen LogP contribution in [0.5, 0.6) is 0 Å². The van der Waals surface area contributed by atoms with Crippen molar-refractivity contribution in [3.05, 3.63) is 71.3 Å². The van der Waals surface area contributed by atoms with Gasteiger partial charge in [0.25, 0.3) is 5.91 Å². The molecule has 0 spiro atoms. The molecule has 150 valence electrons. The molecule has 7 heteroatoms. The number of ether oxygens (including phenoxy) is 1. The molecule has 0 N–H and O–H groups in total. The zero-order chi connectivity index (χ0) is 21.0. The van der Waals surface area contributed by atoms with Crippen LogP contribution in [0.3, 0.4) is 0 Å². The number of likely N-dealkylation sites (N-methyl/N-ethyl adjacent to an activating group) is 1. The summed E-state index contributed by atoms with van der Waals surface area (Å²) in [5.74, 6) is -1.35. The summed E-state index contributed by atoms with van der Waals surface area (Å²) in [6.07, 6.45) is -0.563. The largest absolute Gasteiger partial charge is 0.444 e. The molecule has 3 rings (SSSR count). The summed E-state index contributed by atoms with van der Waals surface area (Å²) in [5, 5.41) is 0. The lowest BCUT2D eigenvalue weighted by Gasteiger charge is -2.21. The predicted octanol–water partition coefficient (Wildman–Crippen LogP) is 2.32. The van der Waals surface area contributed by atoms with Gasteiger partial charge < -0.3 is 9.64 Å². The SMILES string of the molecule is CN(C)C(=O)[C@@H](OC(=O)c1ccc(CN2C(=O)CCC2=O)cc1)c1ccccc1. The van der Waals surface area contributed by atoms with Crippen LogP contribution in [0.15, 0.2) is 54.6 Å². The van der Waals surface area contributed by atoms with Crippen molar-refractivity contribution in [2.24, 2.45) is 0 Å². The molecule has 2 aromatic carbocycles. The van der Waals surface area contributed by atoms with Gasteiger partial charge in [0.15, 0.2) is 0 Å². The van der Waals surface area contributed by atoms with Gasteiger partial charge in [0.1, 0.15) is 0 Å². The fraction of sp³-hybridized carbons (Fsp3) is 0.273. The van der Waals surface area contributed by atoms with E-state index in [1.165, 1.54) is 9.80 Å². The molecular weight excluding hydrogens is 372 g/mol. The number of amides is 3. The van der Waals surface area contributed by atoms with E-state index in [1.807, 2.05) is 6.07 Å². The zero-order valence-electron chi connectivity index (χ0n) is 16.3. The van der Waals surface area contributed by atoms with Crippen LogP contribution in [0, 0.1) is 0 Å². The number of carbonyl (C=O) groups is 4. The van der Waals surface area contributed by atoms with Crippen LogP contribution in [0.25, 0.3) is 0 Å². The first-order valence-electron chi connectivity index (χ1n) is 9.26. The first kappa shape index (κ1) is 20.3. The molecule has 2 aromatic rings. The lowest BCUT2D eigenvalue weighted by atomic mass is 10.1. The van der Waals surface area contributed by atoms with Crippen molar-refractivity contribution in [3.8, 4) is 0 Å². The molecule has 1 atom stereocenters. The Labute approximate surface area is 168 Å². The minimum Gasteiger partial charge on any atom is -0.444 e. The lowest BCUT2D eigenvalue weighted by molar-refractivity contribution is -0.139. The number of hydrogen-bond acceptors (Lipinski definition) is 5. The molecule has 1 aliphatic rings.